The van der Waals surface area contributed by atoms with Gasteiger partial charge in [0.05, 0.1) is 5.60 Å². The fourth-order valence-corrected chi connectivity index (χ4v) is 2.51. The summed E-state index contributed by atoms with van der Waals surface area (Å²) in [6.07, 6.45) is 5.54. The molecule has 0 amide bonds. The van der Waals surface area contributed by atoms with Crippen molar-refractivity contribution in [3.8, 4) is 0 Å². The molecule has 1 saturated carbocycles. The van der Waals surface area contributed by atoms with E-state index in [4.69, 9.17) is 0 Å². The van der Waals surface area contributed by atoms with Gasteiger partial charge < -0.3 is 5.11 Å². The lowest BCUT2D eigenvalue weighted by molar-refractivity contribution is 0.0226. The molecule has 2 atom stereocenters. The minimum Gasteiger partial charge on any atom is -0.390 e. The fraction of sp³-hybridized carbons (Fsp3) is 1.00. The van der Waals surface area contributed by atoms with Crippen LogP contribution in [0.2, 0.25) is 0 Å². The maximum atomic E-state index is 10.2. The molecule has 1 nitrogen and oxygen atoms in total. The first-order valence-corrected chi connectivity index (χ1v) is 5.28. The molecule has 0 radical (unpaired) electrons. The Labute approximate surface area is 76.2 Å². The van der Waals surface area contributed by atoms with E-state index in [1.165, 1.54) is 12.8 Å². The lowest BCUT2D eigenvalue weighted by atomic mass is 9.90. The van der Waals surface area contributed by atoms with Crippen LogP contribution in [0.4, 0.5) is 0 Å². The number of hydrogen-bond donors (Lipinski definition) is 1. The summed E-state index contributed by atoms with van der Waals surface area (Å²) >= 11 is 0. The van der Waals surface area contributed by atoms with Gasteiger partial charge in [-0.05, 0) is 37.5 Å². The van der Waals surface area contributed by atoms with Crippen LogP contribution in [0.3, 0.4) is 0 Å². The molecule has 1 aliphatic rings. The first-order chi connectivity index (χ1) is 5.56. The van der Waals surface area contributed by atoms with Gasteiger partial charge >= 0.3 is 0 Å². The Kier molecular flexibility index (Phi) is 3.16. The lowest BCUT2D eigenvalue weighted by Crippen LogP contribution is -2.26. The summed E-state index contributed by atoms with van der Waals surface area (Å²) in [5.41, 5.74) is -0.311. The molecule has 0 aliphatic heterocycles. The SMILES string of the molecule is CCC1CCC(O)(CC(C)C)C1. The zero-order chi connectivity index (χ0) is 9.19. The van der Waals surface area contributed by atoms with E-state index in [-0.39, 0.29) is 5.60 Å². The molecule has 1 rings (SSSR count). The predicted octanol–water partition coefficient (Wildman–Crippen LogP) is 2.97. The van der Waals surface area contributed by atoms with Crippen LogP contribution in [0, 0.1) is 11.8 Å². The topological polar surface area (TPSA) is 20.2 Å². The van der Waals surface area contributed by atoms with Gasteiger partial charge in [-0.25, -0.2) is 0 Å². The minimum atomic E-state index is -0.311. The molecule has 1 aliphatic carbocycles. The van der Waals surface area contributed by atoms with Crippen LogP contribution in [0.15, 0.2) is 0 Å². The second-order valence-corrected chi connectivity index (χ2v) is 4.84. The van der Waals surface area contributed by atoms with E-state index >= 15 is 0 Å². The summed E-state index contributed by atoms with van der Waals surface area (Å²) in [5.74, 6) is 1.42. The van der Waals surface area contributed by atoms with Gasteiger partial charge in [-0.15, -0.1) is 0 Å². The van der Waals surface area contributed by atoms with Crippen molar-refractivity contribution < 1.29 is 5.11 Å². The van der Waals surface area contributed by atoms with E-state index in [0.717, 1.165) is 25.2 Å². The largest absolute Gasteiger partial charge is 0.390 e. The molecule has 0 spiro atoms. The number of hydrogen-bond acceptors (Lipinski definition) is 1. The van der Waals surface area contributed by atoms with E-state index in [0.29, 0.717) is 5.92 Å². The smallest absolute Gasteiger partial charge is 0.0653 e. The maximum absolute atomic E-state index is 10.2. The van der Waals surface area contributed by atoms with Gasteiger partial charge in [0, 0.05) is 0 Å². The van der Waals surface area contributed by atoms with Crippen LogP contribution in [0.25, 0.3) is 0 Å². The molecule has 0 heterocycles. The average molecular weight is 170 g/mol. The third-order valence-corrected chi connectivity index (χ3v) is 3.05. The van der Waals surface area contributed by atoms with Crippen molar-refractivity contribution in [1.82, 2.24) is 0 Å². The Balaban J connectivity index is 2.41. The normalized spacial score (nSPS) is 36.2. The highest BCUT2D eigenvalue weighted by atomic mass is 16.3. The summed E-state index contributed by atoms with van der Waals surface area (Å²) in [5, 5.41) is 10.2. The van der Waals surface area contributed by atoms with Crippen molar-refractivity contribution in [3.63, 3.8) is 0 Å². The van der Waals surface area contributed by atoms with Crippen molar-refractivity contribution in [2.24, 2.45) is 11.8 Å². The van der Waals surface area contributed by atoms with Crippen LogP contribution in [-0.4, -0.2) is 10.7 Å². The molecule has 0 aromatic rings. The van der Waals surface area contributed by atoms with Crippen LogP contribution in [0.1, 0.15) is 52.9 Å². The van der Waals surface area contributed by atoms with Gasteiger partial charge in [-0.1, -0.05) is 27.2 Å². The van der Waals surface area contributed by atoms with E-state index in [1.807, 2.05) is 0 Å². The Morgan fingerprint density at radius 2 is 2.17 bits per heavy atom. The van der Waals surface area contributed by atoms with Crippen LogP contribution >= 0.6 is 0 Å². The number of aliphatic hydroxyl groups is 1. The van der Waals surface area contributed by atoms with Crippen molar-refractivity contribution in [2.45, 2.75) is 58.5 Å². The number of rotatable bonds is 3. The second-order valence-electron chi connectivity index (χ2n) is 4.84. The Morgan fingerprint density at radius 1 is 1.50 bits per heavy atom. The summed E-state index contributed by atoms with van der Waals surface area (Å²) in [4.78, 5) is 0. The van der Waals surface area contributed by atoms with E-state index in [2.05, 4.69) is 20.8 Å². The molecule has 1 fully saturated rings. The highest BCUT2D eigenvalue weighted by Gasteiger charge is 2.36. The van der Waals surface area contributed by atoms with Crippen LogP contribution in [-0.2, 0) is 0 Å². The van der Waals surface area contributed by atoms with E-state index in [1.54, 1.807) is 0 Å². The molecular formula is C11H22O. The quantitative estimate of drug-likeness (QED) is 0.690. The fourth-order valence-electron chi connectivity index (χ4n) is 2.51. The van der Waals surface area contributed by atoms with Gasteiger partial charge in [0.1, 0.15) is 0 Å². The monoisotopic (exact) mass is 170 g/mol. The van der Waals surface area contributed by atoms with E-state index < -0.39 is 0 Å². The van der Waals surface area contributed by atoms with Crippen molar-refractivity contribution in [3.05, 3.63) is 0 Å². The molecule has 2 unspecified atom stereocenters. The second kappa shape index (κ2) is 3.78. The van der Waals surface area contributed by atoms with Gasteiger partial charge in [-0.2, -0.15) is 0 Å². The maximum Gasteiger partial charge on any atom is 0.0653 e. The van der Waals surface area contributed by atoms with Gasteiger partial charge in [0.25, 0.3) is 0 Å². The zero-order valence-corrected chi connectivity index (χ0v) is 8.64. The molecule has 72 valence electrons. The van der Waals surface area contributed by atoms with Crippen molar-refractivity contribution in [2.75, 3.05) is 0 Å². The first kappa shape index (κ1) is 10.0. The molecule has 12 heavy (non-hydrogen) atoms. The Hall–Kier alpha value is -0.0400. The zero-order valence-electron chi connectivity index (χ0n) is 8.64. The molecule has 0 saturated heterocycles. The third-order valence-electron chi connectivity index (χ3n) is 3.05. The van der Waals surface area contributed by atoms with Crippen LogP contribution in [0.5, 0.6) is 0 Å². The average Bonchev–Trinajstić information content (AvgIpc) is 2.30. The van der Waals surface area contributed by atoms with Gasteiger partial charge in [0.15, 0.2) is 0 Å². The Bertz CT molecular complexity index is 142. The van der Waals surface area contributed by atoms with Crippen molar-refractivity contribution in [1.29, 1.82) is 0 Å². The minimum absolute atomic E-state index is 0.311. The van der Waals surface area contributed by atoms with E-state index in [9.17, 15) is 5.11 Å². The summed E-state index contributed by atoms with van der Waals surface area (Å²) < 4.78 is 0. The highest BCUT2D eigenvalue weighted by Crippen LogP contribution is 2.39. The highest BCUT2D eigenvalue weighted by molar-refractivity contribution is 4.89. The summed E-state index contributed by atoms with van der Waals surface area (Å²) in [6, 6.07) is 0. The molecule has 0 bridgehead atoms. The third kappa shape index (κ3) is 2.48. The summed E-state index contributed by atoms with van der Waals surface area (Å²) in [6.45, 7) is 6.61. The first-order valence-electron chi connectivity index (χ1n) is 5.28. The molecule has 0 aromatic carbocycles. The van der Waals surface area contributed by atoms with Gasteiger partial charge in [0.2, 0.25) is 0 Å². The molecule has 1 heteroatoms. The Morgan fingerprint density at radius 3 is 2.58 bits per heavy atom. The van der Waals surface area contributed by atoms with Gasteiger partial charge in [-0.3, -0.25) is 0 Å². The predicted molar refractivity (Wildman–Crippen MR) is 52.0 cm³/mol. The van der Waals surface area contributed by atoms with Crippen LogP contribution < -0.4 is 0 Å². The molecule has 1 N–H and O–H groups in total. The van der Waals surface area contributed by atoms with Crippen molar-refractivity contribution >= 4 is 0 Å². The standard InChI is InChI=1S/C11H22O/c1-4-10-5-6-11(12,8-10)7-9(2)3/h9-10,12H,4-8H2,1-3H3. The summed E-state index contributed by atoms with van der Waals surface area (Å²) in [7, 11) is 0. The molecule has 0 aromatic heterocycles. The lowest BCUT2D eigenvalue weighted by Gasteiger charge is -2.24. The molecular weight excluding hydrogens is 148 g/mol.